The smallest absolute Gasteiger partial charge is 0.182 e. The van der Waals surface area contributed by atoms with E-state index in [0.29, 0.717) is 17.0 Å². The lowest BCUT2D eigenvalue weighted by Crippen LogP contribution is -2.12. The van der Waals surface area contributed by atoms with Crippen LogP contribution in [0, 0.1) is 0 Å². The van der Waals surface area contributed by atoms with Crippen LogP contribution in [0.3, 0.4) is 0 Å². The second-order valence-electron chi connectivity index (χ2n) is 7.31. The molecule has 5 rings (SSSR count). The zero-order valence-corrected chi connectivity index (χ0v) is 20.1. The van der Waals surface area contributed by atoms with Crippen LogP contribution >= 0.6 is 35.8 Å². The van der Waals surface area contributed by atoms with Crippen molar-refractivity contribution in [3.63, 3.8) is 0 Å². The number of hydrogen-bond acceptors (Lipinski definition) is 6. The van der Waals surface area contributed by atoms with Gasteiger partial charge in [0.25, 0.3) is 0 Å². The highest BCUT2D eigenvalue weighted by molar-refractivity contribution is 7.99. The number of rotatable bonds is 3. The minimum Gasteiger partial charge on any atom is -0.382 e. The third-order valence-corrected chi connectivity index (χ3v) is 6.19. The number of nitrogens with zero attached hydrogens (tertiary/aromatic N) is 4. The minimum absolute atomic E-state index is 0. The van der Waals surface area contributed by atoms with Crippen molar-refractivity contribution < 1.29 is 0 Å². The second kappa shape index (κ2) is 10.8. The number of nitrogen functional groups attached to an aromatic ring is 1. The standard InChI is InChI=1S/C18H18ClNS.C5H5N5.ClH/c1-20(2)11-5-7-14-15-6-3-4-8-17(15)21-18-10-9-13(19)12-16(14)18;6-4-3-5(9-1-7-3)10-2-8-4;/h3-4,6-10,12H,5,11H2,1-2H3;1-2H,(H3,6,7,8,9,10);1H. The summed E-state index contributed by atoms with van der Waals surface area (Å²) in [5.74, 6) is 0.433. The molecule has 2 aromatic heterocycles. The van der Waals surface area contributed by atoms with Crippen LogP contribution < -0.4 is 5.73 Å². The molecule has 4 aromatic rings. The van der Waals surface area contributed by atoms with E-state index < -0.39 is 0 Å². The van der Waals surface area contributed by atoms with Gasteiger partial charge in [0.1, 0.15) is 11.8 Å². The number of aromatic nitrogens is 4. The van der Waals surface area contributed by atoms with Gasteiger partial charge >= 0.3 is 0 Å². The third-order valence-electron chi connectivity index (χ3n) is 4.81. The van der Waals surface area contributed by atoms with Gasteiger partial charge in [-0.1, -0.05) is 47.6 Å². The molecule has 1 aliphatic heterocycles. The fourth-order valence-corrected chi connectivity index (χ4v) is 4.57. The Hall–Kier alpha value is -2.58. The molecule has 0 saturated heterocycles. The van der Waals surface area contributed by atoms with Gasteiger partial charge in [0.05, 0.1) is 6.33 Å². The SMILES string of the molecule is CN(C)CCC=C1c2ccccc2Sc2ccc(Cl)cc21.Cl.Nc1ncnc2nc[nH]c12. The number of anilines is 1. The summed E-state index contributed by atoms with van der Waals surface area (Å²) in [6.45, 7) is 1.05. The van der Waals surface area contributed by atoms with Crippen LogP contribution in [0.25, 0.3) is 16.7 Å². The maximum absolute atomic E-state index is 6.21. The van der Waals surface area contributed by atoms with Gasteiger partial charge in [0, 0.05) is 21.4 Å². The van der Waals surface area contributed by atoms with E-state index in [9.17, 15) is 0 Å². The van der Waals surface area contributed by atoms with E-state index in [2.05, 4.69) is 81.4 Å². The summed E-state index contributed by atoms with van der Waals surface area (Å²) in [6, 6.07) is 14.8. The number of benzene rings is 2. The van der Waals surface area contributed by atoms with Gasteiger partial charge in [-0.2, -0.15) is 0 Å². The van der Waals surface area contributed by atoms with Crippen molar-refractivity contribution in [1.82, 2.24) is 24.8 Å². The molecule has 0 atom stereocenters. The molecular weight excluding hydrogens is 463 g/mol. The zero-order chi connectivity index (χ0) is 21.8. The van der Waals surface area contributed by atoms with Crippen molar-refractivity contribution in [1.29, 1.82) is 0 Å². The molecule has 3 N–H and O–H groups in total. The Labute approximate surface area is 202 Å². The molecule has 32 heavy (non-hydrogen) atoms. The molecule has 0 aliphatic carbocycles. The van der Waals surface area contributed by atoms with E-state index >= 15 is 0 Å². The summed E-state index contributed by atoms with van der Waals surface area (Å²) in [6.07, 6.45) is 6.30. The van der Waals surface area contributed by atoms with Crippen LogP contribution in [0.15, 0.2) is 71.0 Å². The molecule has 6 nitrogen and oxygen atoms in total. The average molecular weight is 487 g/mol. The lowest BCUT2D eigenvalue weighted by molar-refractivity contribution is 0.417. The summed E-state index contributed by atoms with van der Waals surface area (Å²) >= 11 is 8.03. The molecule has 0 amide bonds. The van der Waals surface area contributed by atoms with Crippen LogP contribution in [0.5, 0.6) is 0 Å². The number of nitrogens with two attached hydrogens (primary N) is 1. The highest BCUT2D eigenvalue weighted by Crippen LogP contribution is 2.46. The lowest BCUT2D eigenvalue weighted by atomic mass is 9.96. The van der Waals surface area contributed by atoms with Crippen LogP contribution in [-0.2, 0) is 0 Å². The first-order valence-electron chi connectivity index (χ1n) is 9.84. The second-order valence-corrected chi connectivity index (χ2v) is 8.83. The number of imidazole rings is 1. The quantitative estimate of drug-likeness (QED) is 0.348. The number of hydrogen-bond donors (Lipinski definition) is 2. The Balaban J connectivity index is 0.000000220. The van der Waals surface area contributed by atoms with E-state index in [1.807, 2.05) is 17.8 Å². The molecule has 9 heteroatoms. The predicted molar refractivity (Wildman–Crippen MR) is 136 cm³/mol. The Morgan fingerprint density at radius 1 is 1.06 bits per heavy atom. The van der Waals surface area contributed by atoms with Gasteiger partial charge in [-0.25, -0.2) is 15.0 Å². The molecule has 3 heterocycles. The van der Waals surface area contributed by atoms with E-state index in [1.54, 1.807) is 0 Å². The molecular formula is C23H24Cl2N6S. The van der Waals surface area contributed by atoms with Gasteiger partial charge in [-0.15, -0.1) is 12.4 Å². The molecule has 0 radical (unpaired) electrons. The minimum atomic E-state index is 0. The third kappa shape index (κ3) is 5.42. The van der Waals surface area contributed by atoms with Crippen LogP contribution in [0.4, 0.5) is 5.82 Å². The highest BCUT2D eigenvalue weighted by Gasteiger charge is 2.20. The van der Waals surface area contributed by atoms with Crippen molar-refractivity contribution in [2.45, 2.75) is 16.2 Å². The summed E-state index contributed by atoms with van der Waals surface area (Å²) in [7, 11) is 4.21. The van der Waals surface area contributed by atoms with Crippen molar-refractivity contribution in [2.75, 3.05) is 26.4 Å². The van der Waals surface area contributed by atoms with Gasteiger partial charge in [-0.05, 0) is 61.5 Å². The Morgan fingerprint density at radius 3 is 2.62 bits per heavy atom. The van der Waals surface area contributed by atoms with Crippen LogP contribution in [0.1, 0.15) is 17.5 Å². The van der Waals surface area contributed by atoms with Crippen molar-refractivity contribution in [3.05, 3.63) is 77.3 Å². The van der Waals surface area contributed by atoms with Gasteiger partial charge in [0.15, 0.2) is 11.5 Å². The Bertz CT molecular complexity index is 1240. The van der Waals surface area contributed by atoms with Gasteiger partial charge < -0.3 is 15.6 Å². The molecule has 1 aliphatic rings. The fourth-order valence-electron chi connectivity index (χ4n) is 3.31. The van der Waals surface area contributed by atoms with Crippen molar-refractivity contribution in [2.24, 2.45) is 0 Å². The first kappa shape index (κ1) is 24.1. The maximum Gasteiger partial charge on any atom is 0.182 e. The fraction of sp³-hybridized carbons (Fsp3) is 0.174. The number of halogens is 2. The van der Waals surface area contributed by atoms with Gasteiger partial charge in [0.2, 0.25) is 0 Å². The number of aromatic amines is 1. The normalized spacial score (nSPS) is 13.2. The van der Waals surface area contributed by atoms with E-state index in [1.165, 1.54) is 39.1 Å². The molecule has 0 bridgehead atoms. The van der Waals surface area contributed by atoms with Crippen LogP contribution in [0.2, 0.25) is 5.02 Å². The maximum atomic E-state index is 6.21. The molecule has 0 unspecified atom stereocenters. The Morgan fingerprint density at radius 2 is 1.84 bits per heavy atom. The molecule has 0 saturated carbocycles. The Kier molecular flexibility index (Phi) is 8.15. The lowest BCUT2D eigenvalue weighted by Gasteiger charge is -2.22. The molecule has 0 spiro atoms. The van der Waals surface area contributed by atoms with E-state index in [-0.39, 0.29) is 12.4 Å². The van der Waals surface area contributed by atoms with Crippen LogP contribution in [-0.4, -0.2) is 45.5 Å². The van der Waals surface area contributed by atoms with E-state index in [4.69, 9.17) is 17.3 Å². The first-order chi connectivity index (χ1) is 15.0. The monoisotopic (exact) mass is 486 g/mol. The van der Waals surface area contributed by atoms with Crippen molar-refractivity contribution >= 4 is 58.3 Å². The summed E-state index contributed by atoms with van der Waals surface area (Å²) in [5.41, 5.74) is 10.7. The average Bonchev–Trinajstić information content (AvgIpc) is 3.24. The zero-order valence-electron chi connectivity index (χ0n) is 17.7. The summed E-state index contributed by atoms with van der Waals surface area (Å²) in [5, 5.41) is 0.798. The summed E-state index contributed by atoms with van der Waals surface area (Å²) in [4.78, 5) is 19.2. The van der Waals surface area contributed by atoms with E-state index in [0.717, 1.165) is 18.0 Å². The summed E-state index contributed by atoms with van der Waals surface area (Å²) < 4.78 is 0. The topological polar surface area (TPSA) is 83.7 Å². The number of fused-ring (bicyclic) bond motifs is 3. The molecule has 0 fully saturated rings. The molecule has 166 valence electrons. The number of H-pyrrole nitrogens is 1. The van der Waals surface area contributed by atoms with Crippen molar-refractivity contribution in [3.8, 4) is 0 Å². The number of nitrogens with one attached hydrogen (secondary N) is 1. The predicted octanol–water partition coefficient (Wildman–Crippen LogP) is 5.54. The van der Waals surface area contributed by atoms with Gasteiger partial charge in [-0.3, -0.25) is 0 Å². The highest BCUT2D eigenvalue weighted by atomic mass is 35.5. The first-order valence-corrected chi connectivity index (χ1v) is 11.0. The molecule has 2 aromatic carbocycles. The largest absolute Gasteiger partial charge is 0.382 e.